The molecule has 2 bridgehead atoms. The summed E-state index contributed by atoms with van der Waals surface area (Å²) in [6.07, 6.45) is 13.9. The first-order valence-electron chi connectivity index (χ1n) is 19.0. The van der Waals surface area contributed by atoms with Crippen LogP contribution in [0.2, 0.25) is 0 Å². The number of fused-ring (bicyclic) bond motifs is 1. The fourth-order valence-electron chi connectivity index (χ4n) is 12.0. The van der Waals surface area contributed by atoms with Gasteiger partial charge in [0.25, 0.3) is 0 Å². The molecule has 6 aliphatic carbocycles. The van der Waals surface area contributed by atoms with E-state index in [0.29, 0.717) is 26.0 Å². The number of amides is 2. The van der Waals surface area contributed by atoms with E-state index in [1.54, 1.807) is 11.3 Å². The molecule has 0 radical (unpaired) electrons. The molecule has 50 heavy (non-hydrogen) atoms. The monoisotopic (exact) mass is 698 g/mol. The number of allylic oxidation sites excluding steroid dienone is 4. The van der Waals surface area contributed by atoms with Gasteiger partial charge in [0.2, 0.25) is 0 Å². The fourth-order valence-corrected chi connectivity index (χ4v) is 12.8. The summed E-state index contributed by atoms with van der Waals surface area (Å²) < 4.78 is 6.04. The number of Topliss-reactive ketones (excluding diaryl/α,β-unsaturated/α-hetero) is 1. The minimum atomic E-state index is -1.14. The lowest BCUT2D eigenvalue weighted by atomic mass is 9.32. The van der Waals surface area contributed by atoms with Crippen LogP contribution in [-0.4, -0.2) is 64.4 Å². The van der Waals surface area contributed by atoms with Crippen LogP contribution in [0.5, 0.6) is 0 Å². The molecule has 2 amide bonds. The van der Waals surface area contributed by atoms with Gasteiger partial charge in [-0.15, -0.1) is 11.3 Å². The second kappa shape index (κ2) is 12.1. The summed E-state index contributed by atoms with van der Waals surface area (Å²) in [6.45, 7) is 10.1. The number of benzene rings is 1. The number of hydrogen-bond donors (Lipinski definition) is 3. The predicted molar refractivity (Wildman–Crippen MR) is 196 cm³/mol. The Balaban J connectivity index is 1.16. The van der Waals surface area contributed by atoms with Gasteiger partial charge in [-0.2, -0.15) is 0 Å². The molecule has 7 nitrogen and oxygen atoms in total. The molecule has 268 valence electrons. The first-order valence-corrected chi connectivity index (χ1v) is 19.8. The Morgan fingerprint density at radius 1 is 1.00 bits per heavy atom. The van der Waals surface area contributed by atoms with Gasteiger partial charge in [-0.1, -0.05) is 62.4 Å². The van der Waals surface area contributed by atoms with Gasteiger partial charge in [0.15, 0.2) is 5.78 Å². The lowest BCUT2D eigenvalue weighted by molar-refractivity contribution is -0.175. The van der Waals surface area contributed by atoms with Crippen LogP contribution in [0.4, 0.5) is 4.79 Å². The van der Waals surface area contributed by atoms with Crippen molar-refractivity contribution in [1.29, 1.82) is 0 Å². The molecule has 2 aromatic rings. The number of aliphatic hydroxyl groups excluding tert-OH is 1. The third-order valence-electron chi connectivity index (χ3n) is 14.7. The second-order valence-corrected chi connectivity index (χ2v) is 18.4. The van der Waals surface area contributed by atoms with Crippen LogP contribution in [0.15, 0.2) is 66.3 Å². The molecular formula is C42H54N2O5S. The number of ether oxygens (including phenoxy) is 1. The van der Waals surface area contributed by atoms with Gasteiger partial charge in [-0.05, 0) is 107 Å². The van der Waals surface area contributed by atoms with Crippen molar-refractivity contribution in [2.75, 3.05) is 19.7 Å². The van der Waals surface area contributed by atoms with Crippen molar-refractivity contribution < 1.29 is 24.5 Å². The van der Waals surface area contributed by atoms with Crippen LogP contribution < -0.4 is 5.32 Å². The number of nitrogens with zero attached hydrogens (tertiary/aromatic N) is 1. The topological polar surface area (TPSA) is 99.1 Å². The lowest BCUT2D eigenvalue weighted by Gasteiger charge is -2.71. The minimum absolute atomic E-state index is 0.0316. The molecule has 1 aliphatic heterocycles. The van der Waals surface area contributed by atoms with Crippen LogP contribution in [-0.2, 0) is 4.74 Å². The van der Waals surface area contributed by atoms with Crippen LogP contribution in [0.3, 0.4) is 0 Å². The third kappa shape index (κ3) is 4.98. The summed E-state index contributed by atoms with van der Waals surface area (Å²) in [5, 5.41) is 27.3. The van der Waals surface area contributed by atoms with E-state index >= 15 is 0 Å². The van der Waals surface area contributed by atoms with Gasteiger partial charge in [0, 0.05) is 39.8 Å². The SMILES string of the molecule is Cc1ccc(C(=O)C2=CC34C=CC25C(CCC2(C)C5CCC2(O)CN(CC2CCCO2)C(=O)NC(C)c2ccccc2)C3(C)CCC(O)C4)s1. The van der Waals surface area contributed by atoms with Crippen molar-refractivity contribution in [3.05, 3.63) is 81.6 Å². The van der Waals surface area contributed by atoms with E-state index in [0.717, 1.165) is 65.8 Å². The van der Waals surface area contributed by atoms with E-state index in [4.69, 9.17) is 4.74 Å². The quantitative estimate of drug-likeness (QED) is 0.193. The Hall–Kier alpha value is -2.78. The number of rotatable bonds is 8. The summed E-state index contributed by atoms with van der Waals surface area (Å²) in [7, 11) is 0. The van der Waals surface area contributed by atoms with Crippen molar-refractivity contribution in [2.45, 2.75) is 109 Å². The maximum absolute atomic E-state index is 14.8. The average molecular weight is 699 g/mol. The number of thiophene rings is 1. The van der Waals surface area contributed by atoms with Gasteiger partial charge < -0.3 is 25.2 Å². The summed E-state index contributed by atoms with van der Waals surface area (Å²) in [5.74, 6) is 0.368. The van der Waals surface area contributed by atoms with E-state index in [-0.39, 0.29) is 59.3 Å². The Morgan fingerprint density at radius 2 is 1.74 bits per heavy atom. The van der Waals surface area contributed by atoms with Gasteiger partial charge >= 0.3 is 6.03 Å². The van der Waals surface area contributed by atoms with Crippen LogP contribution in [0.1, 0.15) is 105 Å². The second-order valence-electron chi connectivity index (χ2n) is 17.1. The highest BCUT2D eigenvalue weighted by molar-refractivity contribution is 7.14. The zero-order valence-electron chi connectivity index (χ0n) is 30.1. The van der Waals surface area contributed by atoms with E-state index in [2.05, 4.69) is 37.4 Å². The number of nitrogens with one attached hydrogen (secondary N) is 1. The summed E-state index contributed by atoms with van der Waals surface area (Å²) in [6, 6.07) is 13.6. The molecule has 3 N–H and O–H groups in total. The number of hydrogen-bond acceptors (Lipinski definition) is 6. The van der Waals surface area contributed by atoms with E-state index in [1.165, 1.54) is 0 Å². The Morgan fingerprint density at radius 3 is 2.46 bits per heavy atom. The van der Waals surface area contributed by atoms with Crippen molar-refractivity contribution in [3.63, 3.8) is 0 Å². The zero-order valence-corrected chi connectivity index (χ0v) is 30.9. The first kappa shape index (κ1) is 34.3. The molecular weight excluding hydrogens is 645 g/mol. The van der Waals surface area contributed by atoms with Crippen LogP contribution in [0.25, 0.3) is 0 Å². The number of carbonyl (C=O) groups excluding carboxylic acids is 2. The van der Waals surface area contributed by atoms with Crippen molar-refractivity contribution in [2.24, 2.45) is 33.5 Å². The van der Waals surface area contributed by atoms with Crippen LogP contribution in [0, 0.1) is 40.4 Å². The molecule has 9 rings (SSSR count). The predicted octanol–water partition coefficient (Wildman–Crippen LogP) is 7.78. The summed E-state index contributed by atoms with van der Waals surface area (Å²) in [5.41, 5.74) is -0.715. The maximum atomic E-state index is 14.8. The number of urea groups is 1. The lowest BCUT2D eigenvalue weighted by Crippen LogP contribution is -2.67. The minimum Gasteiger partial charge on any atom is -0.393 e. The van der Waals surface area contributed by atoms with E-state index < -0.39 is 16.4 Å². The number of aryl methyl sites for hydroxylation is 1. The van der Waals surface area contributed by atoms with Crippen molar-refractivity contribution >= 4 is 23.2 Å². The molecule has 10 unspecified atom stereocenters. The Kier molecular flexibility index (Phi) is 8.33. The van der Waals surface area contributed by atoms with Gasteiger partial charge in [-0.25, -0.2) is 4.79 Å². The summed E-state index contributed by atoms with van der Waals surface area (Å²) >= 11 is 1.56. The average Bonchev–Trinajstić information content (AvgIpc) is 3.84. The molecule has 1 aromatic carbocycles. The van der Waals surface area contributed by atoms with Crippen LogP contribution >= 0.6 is 11.3 Å². The Bertz CT molecular complexity index is 1710. The molecule has 2 heterocycles. The highest BCUT2D eigenvalue weighted by atomic mass is 32.1. The fraction of sp³-hybridized carbons (Fsp3) is 0.619. The molecule has 4 fully saturated rings. The standard InChI is InChI=1S/C42H54N2O5S/c1-27-12-13-33(50-27)36(46)32-24-40-20-21-42(32)34(38(40,3)17-14-30(45)23-40)15-18-39(4)35(42)16-19-41(39,48)26-44(25-31-11-8-22-49-31)37(47)43-28(2)29-9-6-5-7-10-29/h5-7,9-10,12-13,20-21,24,28,30-31,34-35,45,48H,8,11,14-19,22-23,25-26H2,1-4H3,(H,43,47). The normalized spacial score (nSPS) is 40.4. The maximum Gasteiger partial charge on any atom is 0.318 e. The molecule has 2 spiro atoms. The Labute approximate surface area is 301 Å². The molecule has 3 saturated carbocycles. The highest BCUT2D eigenvalue weighted by Crippen LogP contribution is 2.78. The number of carbonyl (C=O) groups is 2. The van der Waals surface area contributed by atoms with E-state index in [9.17, 15) is 19.8 Å². The molecule has 1 saturated heterocycles. The third-order valence-corrected chi connectivity index (χ3v) is 15.7. The van der Waals surface area contributed by atoms with E-state index in [1.807, 2.05) is 61.2 Å². The summed E-state index contributed by atoms with van der Waals surface area (Å²) in [4.78, 5) is 32.6. The number of ketones is 1. The van der Waals surface area contributed by atoms with Gasteiger partial charge in [0.1, 0.15) is 0 Å². The largest absolute Gasteiger partial charge is 0.393 e. The van der Waals surface area contributed by atoms with Crippen molar-refractivity contribution in [1.82, 2.24) is 10.2 Å². The number of aliphatic hydroxyl groups is 2. The van der Waals surface area contributed by atoms with Gasteiger partial charge in [0.05, 0.1) is 35.3 Å². The molecule has 10 atom stereocenters. The van der Waals surface area contributed by atoms with Crippen molar-refractivity contribution in [3.8, 4) is 0 Å². The molecule has 8 heteroatoms. The smallest absolute Gasteiger partial charge is 0.318 e. The first-order chi connectivity index (χ1) is 23.8. The van der Waals surface area contributed by atoms with Gasteiger partial charge in [-0.3, -0.25) is 4.79 Å². The molecule has 7 aliphatic rings. The highest BCUT2D eigenvalue weighted by Gasteiger charge is 2.74. The zero-order chi connectivity index (χ0) is 35.1. The molecule has 1 aromatic heterocycles.